The molecular formula is C32H41N3O10. The van der Waals surface area contributed by atoms with E-state index in [0.29, 0.717) is 18.2 Å². The van der Waals surface area contributed by atoms with E-state index in [1.54, 1.807) is 34.6 Å². The molecule has 1 fully saturated rings. The molecule has 13 heteroatoms. The lowest BCUT2D eigenvalue weighted by Crippen LogP contribution is -2.48. The minimum atomic E-state index is -1.25. The molecule has 3 N–H and O–H groups in total. The van der Waals surface area contributed by atoms with Gasteiger partial charge in [-0.25, -0.2) is 24.2 Å². The van der Waals surface area contributed by atoms with Gasteiger partial charge in [0.1, 0.15) is 35.8 Å². The fourth-order valence-corrected chi connectivity index (χ4v) is 4.17. The standard InChI is InChI=1S/C32H41N3O10/c1-17(2)25(35-31(41)45-32(4,5)6)30(40)44-18(3)16-43-29(39)26-21(23-14-20(42-7)10-11-22(23)28(37)38)12-13-24(34-26)27(36)33-15-19-8-9-19/h10-14,17-19,25H,8-9,15-16H2,1-7H3,(H,33,36)(H,35,41)(H,37,38). The molecule has 0 spiro atoms. The van der Waals surface area contributed by atoms with Gasteiger partial charge in [-0.15, -0.1) is 0 Å². The number of esters is 2. The average molecular weight is 628 g/mol. The van der Waals surface area contributed by atoms with E-state index in [1.807, 2.05) is 0 Å². The lowest BCUT2D eigenvalue weighted by atomic mass is 9.97. The number of aromatic nitrogens is 1. The number of rotatable bonds is 13. The highest BCUT2D eigenvalue weighted by Crippen LogP contribution is 2.31. The van der Waals surface area contributed by atoms with Gasteiger partial charge in [0.2, 0.25) is 0 Å². The van der Waals surface area contributed by atoms with Crippen LogP contribution in [0.3, 0.4) is 0 Å². The number of nitrogens with zero attached hydrogens (tertiary/aromatic N) is 1. The molecule has 2 atom stereocenters. The SMILES string of the molecule is COc1ccc(C(=O)O)c(-c2ccc(C(=O)NCC3CC3)nc2C(=O)OCC(C)OC(=O)C(NC(=O)OC(C)(C)C)C(C)C)c1. The molecule has 0 saturated heterocycles. The monoisotopic (exact) mass is 627 g/mol. The first kappa shape index (κ1) is 34.8. The lowest BCUT2D eigenvalue weighted by Gasteiger charge is -2.25. The summed E-state index contributed by atoms with van der Waals surface area (Å²) in [6, 6.07) is 6.04. The predicted molar refractivity (Wildman–Crippen MR) is 162 cm³/mol. The number of amides is 2. The average Bonchev–Trinajstić information content (AvgIpc) is 3.80. The molecule has 1 saturated carbocycles. The van der Waals surface area contributed by atoms with Crippen LogP contribution in [0, 0.1) is 11.8 Å². The Morgan fingerprint density at radius 3 is 2.29 bits per heavy atom. The normalized spacial score (nSPS) is 14.1. The predicted octanol–water partition coefficient (Wildman–Crippen LogP) is 4.23. The number of ether oxygens (including phenoxy) is 4. The Morgan fingerprint density at radius 1 is 1.02 bits per heavy atom. The van der Waals surface area contributed by atoms with Crippen LogP contribution in [0.2, 0.25) is 0 Å². The Hall–Kier alpha value is -4.68. The Kier molecular flexibility index (Phi) is 11.5. The maximum absolute atomic E-state index is 13.4. The molecule has 2 aromatic rings. The summed E-state index contributed by atoms with van der Waals surface area (Å²) in [4.78, 5) is 67.7. The summed E-state index contributed by atoms with van der Waals surface area (Å²) in [5.74, 6) is -3.07. The lowest BCUT2D eigenvalue weighted by molar-refractivity contribution is -0.154. The third kappa shape index (κ3) is 10.2. The van der Waals surface area contributed by atoms with Gasteiger partial charge in [-0.2, -0.15) is 0 Å². The maximum Gasteiger partial charge on any atom is 0.408 e. The zero-order valence-electron chi connectivity index (χ0n) is 26.6. The topological polar surface area (TPSA) is 179 Å². The number of aromatic carboxylic acids is 1. The number of hydrogen-bond donors (Lipinski definition) is 3. The number of carbonyl (C=O) groups is 5. The van der Waals surface area contributed by atoms with Gasteiger partial charge in [-0.05, 0) is 82.7 Å². The van der Waals surface area contributed by atoms with Crippen LogP contribution in [0.25, 0.3) is 11.1 Å². The van der Waals surface area contributed by atoms with Gasteiger partial charge in [0.25, 0.3) is 5.91 Å². The van der Waals surface area contributed by atoms with E-state index in [4.69, 9.17) is 18.9 Å². The molecule has 1 aromatic heterocycles. The number of carboxylic acids is 1. The van der Waals surface area contributed by atoms with E-state index in [0.717, 1.165) is 12.8 Å². The van der Waals surface area contributed by atoms with Crippen molar-refractivity contribution in [2.75, 3.05) is 20.3 Å². The number of carbonyl (C=O) groups excluding carboxylic acids is 4. The Morgan fingerprint density at radius 2 is 1.71 bits per heavy atom. The first-order valence-corrected chi connectivity index (χ1v) is 14.7. The van der Waals surface area contributed by atoms with Crippen LogP contribution in [-0.2, 0) is 19.0 Å². The molecule has 0 aliphatic heterocycles. The number of hydrogen-bond acceptors (Lipinski definition) is 10. The molecule has 2 unspecified atom stereocenters. The van der Waals surface area contributed by atoms with Crippen LogP contribution in [0.5, 0.6) is 5.75 Å². The highest BCUT2D eigenvalue weighted by atomic mass is 16.6. The van der Waals surface area contributed by atoms with Gasteiger partial charge in [0, 0.05) is 17.7 Å². The van der Waals surface area contributed by atoms with Crippen molar-refractivity contribution >= 4 is 29.9 Å². The molecule has 45 heavy (non-hydrogen) atoms. The zero-order valence-corrected chi connectivity index (χ0v) is 26.6. The van der Waals surface area contributed by atoms with Crippen molar-refractivity contribution in [3.63, 3.8) is 0 Å². The van der Waals surface area contributed by atoms with Crippen LogP contribution in [-0.4, -0.2) is 78.0 Å². The molecule has 1 aliphatic carbocycles. The highest BCUT2D eigenvalue weighted by Gasteiger charge is 2.30. The van der Waals surface area contributed by atoms with Gasteiger partial charge >= 0.3 is 24.0 Å². The molecule has 0 radical (unpaired) electrons. The third-order valence-corrected chi connectivity index (χ3v) is 6.68. The van der Waals surface area contributed by atoms with Crippen LogP contribution < -0.4 is 15.4 Å². The van der Waals surface area contributed by atoms with E-state index in [1.165, 1.54) is 44.4 Å². The van der Waals surface area contributed by atoms with Crippen LogP contribution in [0.1, 0.15) is 85.7 Å². The van der Waals surface area contributed by atoms with Gasteiger partial charge in [0.15, 0.2) is 5.69 Å². The largest absolute Gasteiger partial charge is 0.497 e. The summed E-state index contributed by atoms with van der Waals surface area (Å²) in [6.45, 7) is 10.1. The van der Waals surface area contributed by atoms with Gasteiger partial charge in [0.05, 0.1) is 12.7 Å². The van der Waals surface area contributed by atoms with Crippen molar-refractivity contribution in [3.05, 3.63) is 47.3 Å². The van der Waals surface area contributed by atoms with Crippen LogP contribution >= 0.6 is 0 Å². The Labute approximate surface area is 262 Å². The Balaban J connectivity index is 1.82. The number of nitrogens with one attached hydrogen (secondary N) is 2. The van der Waals surface area contributed by atoms with Gasteiger partial charge in [-0.1, -0.05) is 13.8 Å². The minimum absolute atomic E-state index is 0.0569. The molecule has 0 bridgehead atoms. The summed E-state index contributed by atoms with van der Waals surface area (Å²) in [5, 5.41) is 15.1. The van der Waals surface area contributed by atoms with Gasteiger partial charge < -0.3 is 34.7 Å². The van der Waals surface area contributed by atoms with E-state index in [2.05, 4.69) is 15.6 Å². The molecule has 3 rings (SSSR count). The smallest absolute Gasteiger partial charge is 0.408 e. The van der Waals surface area contributed by atoms with Crippen LogP contribution in [0.15, 0.2) is 30.3 Å². The second-order valence-electron chi connectivity index (χ2n) is 12.2. The van der Waals surface area contributed by atoms with Crippen molar-refractivity contribution in [3.8, 4) is 16.9 Å². The fourth-order valence-electron chi connectivity index (χ4n) is 4.17. The molecule has 1 heterocycles. The summed E-state index contributed by atoms with van der Waals surface area (Å²) in [7, 11) is 1.41. The third-order valence-electron chi connectivity index (χ3n) is 6.68. The first-order valence-electron chi connectivity index (χ1n) is 14.7. The highest BCUT2D eigenvalue weighted by molar-refractivity contribution is 6.03. The fraction of sp³-hybridized carbons (Fsp3) is 0.500. The summed E-state index contributed by atoms with van der Waals surface area (Å²) in [5.41, 5.74) is -1.04. The van der Waals surface area contributed by atoms with Crippen molar-refractivity contribution in [1.29, 1.82) is 0 Å². The van der Waals surface area contributed by atoms with Crippen molar-refractivity contribution < 1.29 is 48.0 Å². The van der Waals surface area contributed by atoms with E-state index < -0.39 is 54.3 Å². The molecule has 1 aromatic carbocycles. The van der Waals surface area contributed by atoms with Crippen molar-refractivity contribution in [2.45, 2.75) is 72.1 Å². The summed E-state index contributed by atoms with van der Waals surface area (Å²) < 4.78 is 21.4. The number of carboxylic acid groups (broad SMARTS) is 1. The maximum atomic E-state index is 13.4. The van der Waals surface area contributed by atoms with Crippen molar-refractivity contribution in [1.82, 2.24) is 15.6 Å². The first-order chi connectivity index (χ1) is 21.1. The molecular weight excluding hydrogens is 586 g/mol. The minimum Gasteiger partial charge on any atom is -0.497 e. The number of alkyl carbamates (subject to hydrolysis) is 1. The number of pyridine rings is 1. The van der Waals surface area contributed by atoms with E-state index in [9.17, 15) is 29.1 Å². The summed E-state index contributed by atoms with van der Waals surface area (Å²) >= 11 is 0. The summed E-state index contributed by atoms with van der Waals surface area (Å²) in [6.07, 6.45) is 0.323. The van der Waals surface area contributed by atoms with E-state index >= 15 is 0 Å². The van der Waals surface area contributed by atoms with E-state index in [-0.39, 0.29) is 34.0 Å². The molecule has 1 aliphatic rings. The Bertz CT molecular complexity index is 1430. The van der Waals surface area contributed by atoms with Crippen molar-refractivity contribution in [2.24, 2.45) is 11.8 Å². The van der Waals surface area contributed by atoms with Gasteiger partial charge in [-0.3, -0.25) is 4.79 Å². The second kappa shape index (κ2) is 14.9. The van der Waals surface area contributed by atoms with Crippen LogP contribution in [0.4, 0.5) is 4.79 Å². The second-order valence-corrected chi connectivity index (χ2v) is 12.2. The molecule has 13 nitrogen and oxygen atoms in total. The number of methoxy groups -OCH3 is 1. The molecule has 244 valence electrons. The number of benzene rings is 1. The zero-order chi connectivity index (χ0) is 33.5. The quantitative estimate of drug-likeness (QED) is 0.214. The molecule has 2 amide bonds.